The number of benzene rings is 2. The Hall–Kier alpha value is -3.25. The van der Waals surface area contributed by atoms with Gasteiger partial charge in [-0.2, -0.15) is 0 Å². The first-order valence-electron chi connectivity index (χ1n) is 13.2. The first-order valence-corrected chi connectivity index (χ1v) is 15.9. The number of rotatable bonds is 10. The molecule has 0 spiro atoms. The molecule has 1 saturated heterocycles. The fourth-order valence-corrected chi connectivity index (χ4v) is 7.87. The van der Waals surface area contributed by atoms with Crippen LogP contribution in [0, 0.1) is 0 Å². The largest absolute Gasteiger partial charge is 0.588 e. The van der Waals surface area contributed by atoms with Crippen molar-refractivity contribution in [2.45, 2.75) is 55.4 Å². The highest BCUT2D eigenvalue weighted by Gasteiger charge is 2.37. The number of anilines is 1. The summed E-state index contributed by atoms with van der Waals surface area (Å²) in [7, 11) is -3.56. The number of ether oxygens (including phenoxy) is 1. The smallest absolute Gasteiger partial charge is 0.323 e. The van der Waals surface area contributed by atoms with Crippen LogP contribution in [0.4, 0.5) is 5.69 Å². The van der Waals surface area contributed by atoms with Gasteiger partial charge in [0.15, 0.2) is 4.90 Å². The van der Waals surface area contributed by atoms with Crippen molar-refractivity contribution in [3.8, 4) is 0 Å². The van der Waals surface area contributed by atoms with E-state index in [9.17, 15) is 22.9 Å². The molecule has 11 heteroatoms. The number of nitrogens with one attached hydrogen (secondary N) is 1. The molecular formula is C29H33N3O6S2. The highest BCUT2D eigenvalue weighted by molar-refractivity contribution is 7.92. The van der Waals surface area contributed by atoms with E-state index in [1.807, 2.05) is 56.5 Å². The third-order valence-electron chi connectivity index (χ3n) is 7.12. The second kappa shape index (κ2) is 11.7. The normalized spacial score (nSPS) is 20.6. The van der Waals surface area contributed by atoms with Gasteiger partial charge in [-0.1, -0.05) is 30.3 Å². The average molecular weight is 584 g/mol. The molecule has 0 saturated carbocycles. The summed E-state index contributed by atoms with van der Waals surface area (Å²) in [6, 6.07) is 14.5. The molecule has 1 aliphatic heterocycles. The van der Waals surface area contributed by atoms with Crippen molar-refractivity contribution in [1.82, 2.24) is 8.87 Å². The Labute approximate surface area is 237 Å². The molecule has 3 unspecified atom stereocenters. The Morgan fingerprint density at radius 2 is 2.00 bits per heavy atom. The zero-order valence-corrected chi connectivity index (χ0v) is 24.0. The van der Waals surface area contributed by atoms with Crippen LogP contribution in [0.15, 0.2) is 83.6 Å². The van der Waals surface area contributed by atoms with Gasteiger partial charge in [0.2, 0.25) is 10.0 Å². The molecule has 40 heavy (non-hydrogen) atoms. The maximum absolute atomic E-state index is 13.5. The van der Waals surface area contributed by atoms with Gasteiger partial charge in [0.05, 0.1) is 22.6 Å². The lowest BCUT2D eigenvalue weighted by Gasteiger charge is -2.24. The van der Waals surface area contributed by atoms with Crippen molar-refractivity contribution >= 4 is 43.9 Å². The van der Waals surface area contributed by atoms with E-state index in [-0.39, 0.29) is 18.6 Å². The fraction of sp³-hybridized carbons (Fsp3) is 0.345. The second-order valence-corrected chi connectivity index (χ2v) is 13.7. The average Bonchev–Trinajstić information content (AvgIpc) is 3.55. The molecule has 1 aliphatic carbocycles. The quantitative estimate of drug-likeness (QED) is 0.334. The molecule has 5 rings (SSSR count). The fourth-order valence-electron chi connectivity index (χ4n) is 5.26. The van der Waals surface area contributed by atoms with E-state index < -0.39 is 32.6 Å². The predicted octanol–water partition coefficient (Wildman–Crippen LogP) is 4.62. The highest BCUT2D eigenvalue weighted by Crippen LogP contribution is 2.37. The molecule has 0 radical (unpaired) electrons. The molecule has 1 fully saturated rings. The Morgan fingerprint density at radius 3 is 2.67 bits per heavy atom. The van der Waals surface area contributed by atoms with Crippen LogP contribution < -0.4 is 4.72 Å². The van der Waals surface area contributed by atoms with Gasteiger partial charge >= 0.3 is 5.97 Å². The van der Waals surface area contributed by atoms with Crippen LogP contribution in [-0.4, -0.2) is 57.4 Å². The third kappa shape index (κ3) is 6.07. The Balaban J connectivity index is 1.36. The lowest BCUT2D eigenvalue weighted by Crippen LogP contribution is -2.36. The number of hydrogen-bond donors (Lipinski definition) is 2. The SMILES string of the molecule is CC(C)OC1=CCC(S(=O)(=O)N2CCC(c3cn(CC(=O)O)c4cc(N[S+]([O-])c5ccccc5)ccc34)C2)C=C1. The summed E-state index contributed by atoms with van der Waals surface area (Å²) in [6.07, 6.45) is 8.09. The van der Waals surface area contributed by atoms with Gasteiger partial charge in [0.25, 0.3) is 0 Å². The monoisotopic (exact) mass is 583 g/mol. The van der Waals surface area contributed by atoms with Gasteiger partial charge < -0.3 is 19.0 Å². The number of nitrogens with zero attached hydrogens (tertiary/aromatic N) is 2. The predicted molar refractivity (Wildman–Crippen MR) is 156 cm³/mol. The van der Waals surface area contributed by atoms with Crippen LogP contribution in [0.2, 0.25) is 0 Å². The third-order valence-corrected chi connectivity index (χ3v) is 10.4. The van der Waals surface area contributed by atoms with E-state index in [4.69, 9.17) is 4.74 Å². The van der Waals surface area contributed by atoms with E-state index in [0.717, 1.165) is 10.9 Å². The maximum Gasteiger partial charge on any atom is 0.323 e. The van der Waals surface area contributed by atoms with Crippen LogP contribution in [0.1, 0.15) is 38.2 Å². The molecule has 2 heterocycles. The topological polar surface area (TPSA) is 124 Å². The summed E-state index contributed by atoms with van der Waals surface area (Å²) >= 11 is -1.48. The Bertz CT molecular complexity index is 1550. The Kier molecular flexibility index (Phi) is 8.27. The van der Waals surface area contributed by atoms with Gasteiger partial charge in [-0.15, -0.1) is 0 Å². The van der Waals surface area contributed by atoms with Gasteiger partial charge in [-0.3, -0.25) is 4.79 Å². The van der Waals surface area contributed by atoms with Crippen molar-refractivity contribution < 1.29 is 27.6 Å². The highest BCUT2D eigenvalue weighted by atomic mass is 32.2. The summed E-state index contributed by atoms with van der Waals surface area (Å²) in [5.41, 5.74) is 2.20. The molecule has 0 bridgehead atoms. The van der Waals surface area contributed by atoms with Gasteiger partial charge in [0, 0.05) is 30.6 Å². The van der Waals surface area contributed by atoms with E-state index >= 15 is 0 Å². The number of carbonyl (C=O) groups is 1. The van der Waals surface area contributed by atoms with Crippen molar-refractivity contribution in [3.05, 3.63) is 84.3 Å². The molecule has 2 N–H and O–H groups in total. The number of carboxylic acid groups (broad SMARTS) is 1. The van der Waals surface area contributed by atoms with E-state index in [1.165, 1.54) is 0 Å². The van der Waals surface area contributed by atoms with Gasteiger partial charge in [-0.25, -0.2) is 17.4 Å². The van der Waals surface area contributed by atoms with Crippen molar-refractivity contribution in [1.29, 1.82) is 0 Å². The summed E-state index contributed by atoms with van der Waals surface area (Å²) in [5.74, 6) is -0.371. The molecule has 2 aliphatic rings. The maximum atomic E-state index is 13.5. The number of aromatic nitrogens is 1. The molecule has 3 atom stereocenters. The van der Waals surface area contributed by atoms with Crippen molar-refractivity contribution in [2.75, 3.05) is 17.8 Å². The van der Waals surface area contributed by atoms with E-state index in [1.54, 1.807) is 39.2 Å². The molecule has 3 aromatic rings. The number of carboxylic acids is 1. The van der Waals surface area contributed by atoms with Crippen LogP contribution in [0.3, 0.4) is 0 Å². The first kappa shape index (κ1) is 28.3. The van der Waals surface area contributed by atoms with Crippen LogP contribution >= 0.6 is 0 Å². The number of allylic oxidation sites excluding steroid dienone is 2. The van der Waals surface area contributed by atoms with Gasteiger partial charge in [0.1, 0.15) is 23.7 Å². The zero-order valence-electron chi connectivity index (χ0n) is 22.4. The minimum absolute atomic E-state index is 0.0181. The van der Waals surface area contributed by atoms with Crippen LogP contribution in [-0.2, 0) is 37.5 Å². The van der Waals surface area contributed by atoms with Crippen LogP contribution in [0.5, 0.6) is 0 Å². The lowest BCUT2D eigenvalue weighted by atomic mass is 9.98. The summed E-state index contributed by atoms with van der Waals surface area (Å²) in [6.45, 7) is 4.35. The second-order valence-electron chi connectivity index (χ2n) is 10.3. The summed E-state index contributed by atoms with van der Waals surface area (Å²) < 4.78 is 51.6. The van der Waals surface area contributed by atoms with Crippen molar-refractivity contribution in [3.63, 3.8) is 0 Å². The molecule has 212 valence electrons. The molecule has 9 nitrogen and oxygen atoms in total. The number of fused-ring (bicyclic) bond motifs is 1. The minimum Gasteiger partial charge on any atom is -0.588 e. The van der Waals surface area contributed by atoms with E-state index in [0.29, 0.717) is 47.8 Å². The molecule has 0 amide bonds. The lowest BCUT2D eigenvalue weighted by molar-refractivity contribution is -0.137. The zero-order chi connectivity index (χ0) is 28.4. The minimum atomic E-state index is -3.56. The van der Waals surface area contributed by atoms with E-state index in [2.05, 4.69) is 4.72 Å². The summed E-state index contributed by atoms with van der Waals surface area (Å²) in [5, 5.41) is 9.75. The molecule has 1 aromatic heterocycles. The number of aliphatic carboxylic acids is 1. The number of sulfonamides is 1. The van der Waals surface area contributed by atoms with Crippen molar-refractivity contribution in [2.24, 2.45) is 0 Å². The van der Waals surface area contributed by atoms with Crippen LogP contribution in [0.25, 0.3) is 10.9 Å². The Morgan fingerprint density at radius 1 is 1.23 bits per heavy atom. The first-order chi connectivity index (χ1) is 19.1. The summed E-state index contributed by atoms with van der Waals surface area (Å²) in [4.78, 5) is 12.3. The standard InChI is InChI=1S/C29H33N3O6S2/c1-20(2)38-23-9-11-25(12-10-23)40(36,37)32-15-14-21(17-32)27-18-31(19-29(33)34)28-16-22(8-13-26(27)28)30-39(35)24-6-4-3-5-7-24/h3-11,13,16,18,20-21,25,30H,12,14-15,17,19H2,1-2H3,(H,33,34). The van der Waals surface area contributed by atoms with Gasteiger partial charge in [-0.05, 0) is 68.7 Å². The number of hydrogen-bond acceptors (Lipinski definition) is 6. The molecular weight excluding hydrogens is 550 g/mol. The molecule has 2 aromatic carbocycles.